The number of hydrogen-bond donors (Lipinski definition) is 2. The summed E-state index contributed by atoms with van der Waals surface area (Å²) in [6.07, 6.45) is 0. The average Bonchev–Trinajstić information content (AvgIpc) is 3.25. The van der Waals surface area contributed by atoms with E-state index in [2.05, 4.69) is 10.6 Å². The van der Waals surface area contributed by atoms with Gasteiger partial charge in [-0.15, -0.1) is 0 Å². The first-order valence-corrected chi connectivity index (χ1v) is 18.4. The van der Waals surface area contributed by atoms with Crippen molar-refractivity contribution in [1.29, 1.82) is 0 Å². The third kappa shape index (κ3) is 9.03. The third-order valence-electron chi connectivity index (χ3n) is 9.17. The molecule has 7 rings (SSSR count). The van der Waals surface area contributed by atoms with E-state index in [0.29, 0.717) is 45.3 Å². The second-order valence-electron chi connectivity index (χ2n) is 13.2. The number of ether oxygens (including phenoxy) is 2. The number of benzene rings is 6. The van der Waals surface area contributed by atoms with Crippen LogP contribution in [0.2, 0.25) is 0 Å². The molecule has 0 atom stereocenters. The summed E-state index contributed by atoms with van der Waals surface area (Å²) in [4.78, 5) is 60.6. The van der Waals surface area contributed by atoms with Crippen LogP contribution in [0.5, 0.6) is 11.5 Å². The quantitative estimate of drug-likeness (QED) is 0.0649. The summed E-state index contributed by atoms with van der Waals surface area (Å²) < 4.78 is 11.8. The number of allylic oxidation sites excluding steroid dienone is 1. The zero-order valence-corrected chi connectivity index (χ0v) is 32.1. The summed E-state index contributed by atoms with van der Waals surface area (Å²) in [6, 6.07) is 42.6. The molecular weight excluding hydrogens is 765 g/mol. The van der Waals surface area contributed by atoms with Crippen molar-refractivity contribution in [2.45, 2.75) is 13.8 Å². The van der Waals surface area contributed by atoms with Crippen LogP contribution >= 0.6 is 0 Å². The van der Waals surface area contributed by atoms with Crippen molar-refractivity contribution < 1.29 is 28.9 Å². The molecule has 1 aliphatic heterocycles. The van der Waals surface area contributed by atoms with Crippen molar-refractivity contribution in [3.8, 4) is 11.5 Å². The summed E-state index contributed by atoms with van der Waals surface area (Å²) in [7, 11) is 0. The number of carbonyl (C=O) groups is 2. The molecule has 0 aromatic heterocycles. The lowest BCUT2D eigenvalue weighted by Crippen LogP contribution is -2.23. The maximum atomic E-state index is 14.5. The van der Waals surface area contributed by atoms with Gasteiger partial charge in [-0.25, -0.2) is 14.6 Å². The monoisotopic (exact) mass is 798 g/mol. The van der Waals surface area contributed by atoms with Gasteiger partial charge >= 0.3 is 11.9 Å². The van der Waals surface area contributed by atoms with Gasteiger partial charge in [-0.1, -0.05) is 84.9 Å². The van der Waals surface area contributed by atoms with E-state index in [1.807, 2.05) is 36.4 Å². The molecule has 0 saturated carbocycles. The lowest BCUT2D eigenvalue weighted by atomic mass is 9.99. The van der Waals surface area contributed by atoms with Crippen molar-refractivity contribution in [1.82, 2.24) is 0 Å². The molecule has 0 unspecified atom stereocenters. The molecule has 296 valence electrons. The molecule has 0 radical (unpaired) electrons. The van der Waals surface area contributed by atoms with Gasteiger partial charge < -0.3 is 20.1 Å². The Balaban J connectivity index is 1.47. The first kappa shape index (κ1) is 39.7. The molecule has 0 spiro atoms. The fourth-order valence-corrected chi connectivity index (χ4v) is 6.30. The summed E-state index contributed by atoms with van der Waals surface area (Å²) in [5.41, 5.74) is 3.65. The highest BCUT2D eigenvalue weighted by molar-refractivity contribution is 6.29. The minimum Gasteiger partial charge on any atom is -0.423 e. The topological polar surface area (TPSA) is 188 Å². The minimum atomic E-state index is -0.799. The number of carbonyl (C=O) groups excluding carboxylic acids is 2. The SMILES string of the molecule is CC1=Nc2ccccc2N/C(C)=C(/C(=O)Oc2ccc([N+](=O)[O-])cc2)C(c2ccccc2)=Nc2ccccc2N/C(c2ccccc2)=C\1C(=O)Oc1ccc([N+](=O)[O-])cc1. The minimum absolute atomic E-state index is 0.0492. The molecule has 2 N–H and O–H groups in total. The van der Waals surface area contributed by atoms with E-state index < -0.39 is 21.8 Å². The number of nitrogens with one attached hydrogen (secondary N) is 2. The zero-order chi connectivity index (χ0) is 42.2. The highest BCUT2D eigenvalue weighted by atomic mass is 16.6. The molecule has 0 amide bonds. The smallest absolute Gasteiger partial charge is 0.347 e. The van der Waals surface area contributed by atoms with Crippen LogP contribution < -0.4 is 20.1 Å². The molecule has 6 aromatic rings. The predicted molar refractivity (Wildman–Crippen MR) is 229 cm³/mol. The first-order chi connectivity index (χ1) is 29.0. The summed E-state index contributed by atoms with van der Waals surface area (Å²) in [5.74, 6) is -1.45. The van der Waals surface area contributed by atoms with Gasteiger partial charge in [0.2, 0.25) is 0 Å². The number of aliphatic imine (C=N–C) groups is 2. The number of nitrogens with zero attached hydrogens (tertiary/aromatic N) is 4. The molecule has 14 nitrogen and oxygen atoms in total. The van der Waals surface area contributed by atoms with Gasteiger partial charge in [-0.3, -0.25) is 25.2 Å². The van der Waals surface area contributed by atoms with Crippen LogP contribution in [0.3, 0.4) is 0 Å². The highest BCUT2D eigenvalue weighted by Crippen LogP contribution is 2.35. The van der Waals surface area contributed by atoms with E-state index in [0.717, 1.165) is 0 Å². The standard InChI is InChI=1S/C46H34N6O8/c1-29-41(45(53)59-35-25-21-33(22-26-35)51(55)56)43(31-13-5-3-6-14-31)49-39-19-11-12-20-40(39)50-44(32-15-7-4-8-16-32)42(30(2)48-38-18-10-9-17-37(38)47-29)46(54)60-36-27-23-34(24-28-36)52(57)58/h3-28,47,50H,1-2H3/b41-29+,44-42+,48-30?,49-43?. The van der Waals surface area contributed by atoms with Crippen LogP contribution in [0.15, 0.2) is 185 Å². The van der Waals surface area contributed by atoms with Gasteiger partial charge in [0.05, 0.1) is 49.7 Å². The highest BCUT2D eigenvalue weighted by Gasteiger charge is 2.27. The van der Waals surface area contributed by atoms with Crippen molar-refractivity contribution >= 4 is 63.2 Å². The Hall–Kier alpha value is -8.52. The van der Waals surface area contributed by atoms with E-state index in [1.165, 1.54) is 48.5 Å². The molecule has 60 heavy (non-hydrogen) atoms. The molecule has 0 bridgehead atoms. The Labute approximate surface area is 343 Å². The number of non-ortho nitro benzene ring substituents is 2. The van der Waals surface area contributed by atoms with Gasteiger partial charge in [0.15, 0.2) is 0 Å². The third-order valence-corrected chi connectivity index (χ3v) is 9.17. The molecule has 0 saturated heterocycles. The van der Waals surface area contributed by atoms with Gasteiger partial charge in [0.1, 0.15) is 22.6 Å². The predicted octanol–water partition coefficient (Wildman–Crippen LogP) is 10.2. The van der Waals surface area contributed by atoms with Crippen molar-refractivity contribution in [3.63, 3.8) is 0 Å². The van der Waals surface area contributed by atoms with Gasteiger partial charge in [-0.2, -0.15) is 0 Å². The Kier molecular flexibility index (Phi) is 11.7. The Bertz CT molecular complexity index is 2750. The number of nitro benzene ring substituents is 2. The lowest BCUT2D eigenvalue weighted by molar-refractivity contribution is -0.385. The number of hydrogen-bond acceptors (Lipinski definition) is 12. The van der Waals surface area contributed by atoms with E-state index in [1.54, 1.807) is 86.6 Å². The van der Waals surface area contributed by atoms with E-state index in [-0.39, 0.29) is 45.4 Å². The summed E-state index contributed by atoms with van der Waals surface area (Å²) in [5, 5.41) is 29.5. The maximum Gasteiger partial charge on any atom is 0.347 e. The maximum absolute atomic E-state index is 14.5. The molecule has 1 heterocycles. The number of fused-ring (bicyclic) bond motifs is 2. The van der Waals surface area contributed by atoms with Gasteiger partial charge in [0.25, 0.3) is 11.4 Å². The van der Waals surface area contributed by atoms with Crippen molar-refractivity contribution in [2.24, 2.45) is 9.98 Å². The van der Waals surface area contributed by atoms with Gasteiger partial charge in [-0.05, 0) is 67.9 Å². The van der Waals surface area contributed by atoms with Crippen LogP contribution in [-0.4, -0.2) is 33.2 Å². The van der Waals surface area contributed by atoms with Crippen LogP contribution in [0, 0.1) is 20.2 Å². The Morgan fingerprint density at radius 3 is 1.47 bits per heavy atom. The van der Waals surface area contributed by atoms with Crippen molar-refractivity contribution in [2.75, 3.05) is 10.6 Å². The Morgan fingerprint density at radius 1 is 0.517 bits per heavy atom. The fourth-order valence-electron chi connectivity index (χ4n) is 6.30. The molecule has 0 aliphatic carbocycles. The first-order valence-electron chi connectivity index (χ1n) is 18.4. The van der Waals surface area contributed by atoms with Crippen LogP contribution in [-0.2, 0) is 9.59 Å². The average molecular weight is 799 g/mol. The van der Waals surface area contributed by atoms with E-state index in [9.17, 15) is 29.8 Å². The normalized spacial score (nSPS) is 15.3. The van der Waals surface area contributed by atoms with Gasteiger partial charge in [0, 0.05) is 35.5 Å². The zero-order valence-electron chi connectivity index (χ0n) is 32.1. The molecule has 14 heteroatoms. The molecular formula is C46H34N6O8. The molecule has 1 aliphatic rings. The number of anilines is 2. The Morgan fingerprint density at radius 2 is 0.950 bits per heavy atom. The summed E-state index contributed by atoms with van der Waals surface area (Å²) >= 11 is 0. The van der Waals surface area contributed by atoms with E-state index in [4.69, 9.17) is 19.5 Å². The lowest BCUT2D eigenvalue weighted by Gasteiger charge is -2.21. The van der Waals surface area contributed by atoms with Crippen LogP contribution in [0.25, 0.3) is 5.70 Å². The largest absolute Gasteiger partial charge is 0.423 e. The van der Waals surface area contributed by atoms with Crippen LogP contribution in [0.1, 0.15) is 25.0 Å². The fraction of sp³-hybridized carbons (Fsp3) is 0.0435. The summed E-state index contributed by atoms with van der Waals surface area (Å²) in [6.45, 7) is 3.35. The second-order valence-corrected chi connectivity index (χ2v) is 13.2. The van der Waals surface area contributed by atoms with Crippen LogP contribution in [0.4, 0.5) is 34.1 Å². The van der Waals surface area contributed by atoms with E-state index >= 15 is 0 Å². The number of para-hydroxylation sites is 4. The number of rotatable bonds is 8. The molecule has 6 aromatic carbocycles. The number of nitro groups is 2. The second kappa shape index (κ2) is 17.7. The van der Waals surface area contributed by atoms with Crippen molar-refractivity contribution in [3.05, 3.63) is 206 Å². The number of esters is 2. The molecule has 0 fully saturated rings.